The lowest BCUT2D eigenvalue weighted by Crippen LogP contribution is -1.89. The molecule has 0 saturated carbocycles. The standard InChI is InChI=1S/C15H11NO2S/c16-14-13(10-5-2-1-3-6-10)12(9-17)19-15(14)11-7-4-8-18-11/h1-9H,16H2. The number of furan rings is 1. The van der Waals surface area contributed by atoms with Crippen molar-refractivity contribution < 1.29 is 9.21 Å². The fraction of sp³-hybridized carbons (Fsp3) is 0. The second kappa shape index (κ2) is 4.74. The van der Waals surface area contributed by atoms with E-state index in [0.717, 1.165) is 22.3 Å². The summed E-state index contributed by atoms with van der Waals surface area (Å²) in [5.41, 5.74) is 8.51. The van der Waals surface area contributed by atoms with Gasteiger partial charge in [-0.2, -0.15) is 0 Å². The van der Waals surface area contributed by atoms with Crippen molar-refractivity contribution in [1.82, 2.24) is 0 Å². The molecule has 0 unspecified atom stereocenters. The molecule has 4 heteroatoms. The first-order chi connectivity index (χ1) is 9.31. The lowest BCUT2D eigenvalue weighted by molar-refractivity contribution is 0.112. The predicted molar refractivity (Wildman–Crippen MR) is 77.3 cm³/mol. The number of thiophene rings is 1. The summed E-state index contributed by atoms with van der Waals surface area (Å²) in [4.78, 5) is 12.7. The SMILES string of the molecule is Nc1c(-c2ccco2)sc(C=O)c1-c1ccccc1. The van der Waals surface area contributed by atoms with Crippen molar-refractivity contribution in [1.29, 1.82) is 0 Å². The molecule has 3 rings (SSSR count). The largest absolute Gasteiger partial charge is 0.463 e. The molecule has 3 aromatic rings. The Balaban J connectivity index is 2.23. The van der Waals surface area contributed by atoms with Crippen LogP contribution in [-0.4, -0.2) is 6.29 Å². The van der Waals surface area contributed by atoms with E-state index >= 15 is 0 Å². The van der Waals surface area contributed by atoms with Crippen LogP contribution in [0.1, 0.15) is 9.67 Å². The van der Waals surface area contributed by atoms with Gasteiger partial charge in [0.2, 0.25) is 0 Å². The van der Waals surface area contributed by atoms with Crippen LogP contribution < -0.4 is 5.73 Å². The molecule has 0 bridgehead atoms. The summed E-state index contributed by atoms with van der Waals surface area (Å²) in [7, 11) is 0. The maximum Gasteiger partial charge on any atom is 0.160 e. The average Bonchev–Trinajstić information content (AvgIpc) is 3.07. The summed E-state index contributed by atoms with van der Waals surface area (Å²) in [6.45, 7) is 0. The van der Waals surface area contributed by atoms with Crippen LogP contribution in [0.4, 0.5) is 5.69 Å². The average molecular weight is 269 g/mol. The minimum absolute atomic E-state index is 0.591. The lowest BCUT2D eigenvalue weighted by atomic mass is 10.0. The summed E-state index contributed by atoms with van der Waals surface area (Å²) in [5.74, 6) is 0.688. The third-order valence-corrected chi connectivity index (χ3v) is 4.03. The Hall–Kier alpha value is -2.33. The molecule has 94 valence electrons. The van der Waals surface area contributed by atoms with Crippen molar-refractivity contribution in [2.45, 2.75) is 0 Å². The number of anilines is 1. The van der Waals surface area contributed by atoms with Crippen molar-refractivity contribution in [3.05, 3.63) is 53.6 Å². The summed E-state index contributed by atoms with van der Waals surface area (Å²) < 4.78 is 5.36. The number of carbonyl (C=O) groups is 1. The molecule has 0 aliphatic heterocycles. The van der Waals surface area contributed by atoms with Gasteiger partial charge in [-0.1, -0.05) is 30.3 Å². The molecule has 2 heterocycles. The van der Waals surface area contributed by atoms with E-state index in [2.05, 4.69) is 0 Å². The number of aldehydes is 1. The summed E-state index contributed by atoms with van der Waals surface area (Å²) >= 11 is 1.35. The quantitative estimate of drug-likeness (QED) is 0.729. The van der Waals surface area contributed by atoms with Gasteiger partial charge in [-0.15, -0.1) is 11.3 Å². The minimum Gasteiger partial charge on any atom is -0.463 e. The van der Waals surface area contributed by atoms with Crippen LogP contribution in [-0.2, 0) is 0 Å². The van der Waals surface area contributed by atoms with E-state index in [9.17, 15) is 4.79 Å². The van der Waals surface area contributed by atoms with E-state index in [1.807, 2.05) is 36.4 Å². The normalized spacial score (nSPS) is 10.5. The molecule has 0 aliphatic carbocycles. The predicted octanol–water partition coefficient (Wildman–Crippen LogP) is 4.07. The minimum atomic E-state index is 0.591. The zero-order valence-corrected chi connectivity index (χ0v) is 10.8. The van der Waals surface area contributed by atoms with E-state index in [0.29, 0.717) is 16.3 Å². The molecular weight excluding hydrogens is 258 g/mol. The fourth-order valence-electron chi connectivity index (χ4n) is 2.04. The number of nitrogen functional groups attached to an aromatic ring is 1. The van der Waals surface area contributed by atoms with Gasteiger partial charge in [0.1, 0.15) is 5.76 Å². The van der Waals surface area contributed by atoms with Crippen LogP contribution in [0.2, 0.25) is 0 Å². The molecular formula is C15H11NO2S. The number of benzene rings is 1. The Labute approximate surface area is 114 Å². The molecule has 0 saturated heterocycles. The van der Waals surface area contributed by atoms with Crippen molar-refractivity contribution in [2.75, 3.05) is 5.73 Å². The van der Waals surface area contributed by atoms with Gasteiger partial charge in [-0.25, -0.2) is 0 Å². The van der Waals surface area contributed by atoms with Crippen LogP contribution in [0.3, 0.4) is 0 Å². The van der Waals surface area contributed by atoms with Gasteiger partial charge in [0.05, 0.1) is 21.7 Å². The molecule has 0 radical (unpaired) electrons. The Bertz CT molecular complexity index is 699. The van der Waals surface area contributed by atoms with Crippen LogP contribution >= 0.6 is 11.3 Å². The first-order valence-corrected chi connectivity index (χ1v) is 6.59. The third kappa shape index (κ3) is 1.96. The van der Waals surface area contributed by atoms with Crippen molar-refractivity contribution in [3.8, 4) is 21.8 Å². The van der Waals surface area contributed by atoms with Crippen molar-refractivity contribution >= 4 is 23.3 Å². The maximum absolute atomic E-state index is 11.3. The zero-order valence-electron chi connectivity index (χ0n) is 10.00. The molecule has 0 aliphatic rings. The van der Waals surface area contributed by atoms with Gasteiger partial charge in [0.15, 0.2) is 6.29 Å². The fourth-order valence-corrected chi connectivity index (χ4v) is 3.07. The Kier molecular flexibility index (Phi) is 2.93. The van der Waals surface area contributed by atoms with Crippen LogP contribution in [0.5, 0.6) is 0 Å². The van der Waals surface area contributed by atoms with Gasteiger partial charge in [-0.05, 0) is 17.7 Å². The van der Waals surface area contributed by atoms with Crippen LogP contribution in [0.25, 0.3) is 21.8 Å². The van der Waals surface area contributed by atoms with Gasteiger partial charge >= 0.3 is 0 Å². The molecule has 3 nitrogen and oxygen atoms in total. The van der Waals surface area contributed by atoms with E-state index in [-0.39, 0.29) is 0 Å². The molecule has 2 N–H and O–H groups in total. The Morgan fingerprint density at radius 3 is 2.53 bits per heavy atom. The summed E-state index contributed by atoms with van der Waals surface area (Å²) in [6, 6.07) is 13.3. The molecule has 0 fully saturated rings. The number of rotatable bonds is 3. The lowest BCUT2D eigenvalue weighted by Gasteiger charge is -2.02. The van der Waals surface area contributed by atoms with E-state index < -0.39 is 0 Å². The van der Waals surface area contributed by atoms with Gasteiger partial charge in [-0.3, -0.25) is 4.79 Å². The van der Waals surface area contributed by atoms with Gasteiger partial charge in [0, 0.05) is 5.56 Å². The smallest absolute Gasteiger partial charge is 0.160 e. The van der Waals surface area contributed by atoms with E-state index in [1.165, 1.54) is 11.3 Å². The van der Waals surface area contributed by atoms with Crippen LogP contribution in [0, 0.1) is 0 Å². The monoisotopic (exact) mass is 269 g/mol. The summed E-state index contributed by atoms with van der Waals surface area (Å²) in [6.07, 6.45) is 2.44. The van der Waals surface area contributed by atoms with Gasteiger partial charge < -0.3 is 10.2 Å². The van der Waals surface area contributed by atoms with E-state index in [4.69, 9.17) is 10.2 Å². The molecule has 0 spiro atoms. The third-order valence-electron chi connectivity index (χ3n) is 2.89. The number of hydrogen-bond acceptors (Lipinski definition) is 4. The number of carbonyl (C=O) groups excluding carboxylic acids is 1. The molecule has 2 aromatic heterocycles. The molecule has 19 heavy (non-hydrogen) atoms. The van der Waals surface area contributed by atoms with Crippen LogP contribution in [0.15, 0.2) is 53.1 Å². The van der Waals surface area contributed by atoms with Crippen molar-refractivity contribution in [3.63, 3.8) is 0 Å². The number of nitrogens with two attached hydrogens (primary N) is 1. The summed E-state index contributed by atoms with van der Waals surface area (Å²) in [5, 5.41) is 0. The second-order valence-electron chi connectivity index (χ2n) is 4.05. The second-order valence-corrected chi connectivity index (χ2v) is 5.10. The Morgan fingerprint density at radius 1 is 1.11 bits per heavy atom. The highest BCUT2D eigenvalue weighted by Gasteiger charge is 2.19. The molecule has 0 atom stereocenters. The first kappa shape index (κ1) is 11.7. The highest BCUT2D eigenvalue weighted by atomic mass is 32.1. The topological polar surface area (TPSA) is 56.2 Å². The van der Waals surface area contributed by atoms with E-state index in [1.54, 1.807) is 12.3 Å². The highest BCUT2D eigenvalue weighted by molar-refractivity contribution is 7.18. The van der Waals surface area contributed by atoms with Gasteiger partial charge in [0.25, 0.3) is 0 Å². The molecule has 0 amide bonds. The Morgan fingerprint density at radius 2 is 1.89 bits per heavy atom. The first-order valence-electron chi connectivity index (χ1n) is 5.78. The number of hydrogen-bond donors (Lipinski definition) is 1. The maximum atomic E-state index is 11.3. The van der Waals surface area contributed by atoms with Crippen molar-refractivity contribution in [2.24, 2.45) is 0 Å². The molecule has 1 aromatic carbocycles. The zero-order chi connectivity index (χ0) is 13.2. The highest BCUT2D eigenvalue weighted by Crippen LogP contribution is 2.43.